The van der Waals surface area contributed by atoms with Crippen molar-refractivity contribution >= 4 is 29.3 Å². The van der Waals surface area contributed by atoms with Gasteiger partial charge in [0.05, 0.1) is 11.8 Å². The molecular weight excluding hydrogens is 336 g/mol. The number of para-hydroxylation sites is 1. The first-order chi connectivity index (χ1) is 12.0. The Balaban J connectivity index is 2.29. The van der Waals surface area contributed by atoms with Crippen molar-refractivity contribution in [2.45, 2.75) is 44.3 Å². The topological polar surface area (TPSA) is 110 Å². The van der Waals surface area contributed by atoms with Crippen LogP contribution >= 0.6 is 11.8 Å². The van der Waals surface area contributed by atoms with Crippen LogP contribution in [0.2, 0.25) is 0 Å². The summed E-state index contributed by atoms with van der Waals surface area (Å²) in [5.74, 6) is 0.491. The molecule has 0 aliphatic heterocycles. The fraction of sp³-hybridized carbons (Fsp3) is 0.412. The molecule has 8 heteroatoms. The second-order valence-corrected chi connectivity index (χ2v) is 6.76. The Morgan fingerprint density at radius 2 is 2.12 bits per heavy atom. The van der Waals surface area contributed by atoms with Gasteiger partial charge < -0.3 is 11.1 Å². The second kappa shape index (κ2) is 8.53. The summed E-state index contributed by atoms with van der Waals surface area (Å²) in [4.78, 5) is 12.9. The van der Waals surface area contributed by atoms with Gasteiger partial charge in [0.25, 0.3) is 0 Å². The third kappa shape index (κ3) is 4.31. The van der Waals surface area contributed by atoms with Gasteiger partial charge in [-0.05, 0) is 24.0 Å². The lowest BCUT2D eigenvalue weighted by Crippen LogP contribution is -2.27. The molecule has 0 aliphatic rings. The van der Waals surface area contributed by atoms with Gasteiger partial charge in [-0.3, -0.25) is 9.36 Å². The summed E-state index contributed by atoms with van der Waals surface area (Å²) in [5, 5.41) is 20.1. The number of amides is 1. The standard InChI is InChI=1S/C17H22N6OS/c1-4-14(23-16(19)21-22-17(23)25-10-9-18)15(24)20-13-8-6-5-7-12(13)11(2)3/h5-8,11,14H,4,10H2,1-3H3,(H2,19,21)(H,20,24). The van der Waals surface area contributed by atoms with Crippen molar-refractivity contribution in [1.29, 1.82) is 5.26 Å². The van der Waals surface area contributed by atoms with Crippen LogP contribution in [0.4, 0.5) is 11.6 Å². The Morgan fingerprint density at radius 3 is 2.76 bits per heavy atom. The van der Waals surface area contributed by atoms with E-state index in [-0.39, 0.29) is 17.6 Å². The van der Waals surface area contributed by atoms with Gasteiger partial charge in [0, 0.05) is 5.69 Å². The number of benzene rings is 1. The number of anilines is 2. The van der Waals surface area contributed by atoms with Crippen LogP contribution in [0.5, 0.6) is 0 Å². The number of hydrogen-bond donors (Lipinski definition) is 2. The van der Waals surface area contributed by atoms with Gasteiger partial charge in [-0.2, -0.15) is 5.26 Å². The second-order valence-electron chi connectivity index (χ2n) is 5.81. The normalized spacial score (nSPS) is 12.0. The molecular formula is C17H22N6OS. The number of nitrogens with one attached hydrogen (secondary N) is 1. The molecule has 0 fully saturated rings. The van der Waals surface area contributed by atoms with Crippen molar-refractivity contribution < 1.29 is 4.79 Å². The van der Waals surface area contributed by atoms with E-state index in [2.05, 4.69) is 29.4 Å². The Bertz CT molecular complexity index is 780. The summed E-state index contributed by atoms with van der Waals surface area (Å²) in [6, 6.07) is 9.23. The molecule has 132 valence electrons. The van der Waals surface area contributed by atoms with Gasteiger partial charge in [0.15, 0.2) is 5.16 Å². The van der Waals surface area contributed by atoms with E-state index in [4.69, 9.17) is 11.0 Å². The van der Waals surface area contributed by atoms with E-state index in [1.54, 1.807) is 4.57 Å². The van der Waals surface area contributed by atoms with Gasteiger partial charge in [-0.1, -0.05) is 50.7 Å². The number of thioether (sulfide) groups is 1. The smallest absolute Gasteiger partial charge is 0.247 e. The van der Waals surface area contributed by atoms with Crippen molar-refractivity contribution in [3.63, 3.8) is 0 Å². The Morgan fingerprint density at radius 1 is 1.40 bits per heavy atom. The summed E-state index contributed by atoms with van der Waals surface area (Å²) < 4.78 is 1.59. The van der Waals surface area contributed by atoms with Crippen molar-refractivity contribution in [2.24, 2.45) is 0 Å². The summed E-state index contributed by atoms with van der Waals surface area (Å²) in [6.07, 6.45) is 0.526. The number of carbonyl (C=O) groups is 1. The van der Waals surface area contributed by atoms with Crippen molar-refractivity contribution in [2.75, 3.05) is 16.8 Å². The van der Waals surface area contributed by atoms with E-state index in [9.17, 15) is 4.79 Å². The first kappa shape index (κ1) is 18.8. The highest BCUT2D eigenvalue weighted by molar-refractivity contribution is 7.99. The highest BCUT2D eigenvalue weighted by Crippen LogP contribution is 2.28. The lowest BCUT2D eigenvalue weighted by atomic mass is 10.0. The van der Waals surface area contributed by atoms with E-state index < -0.39 is 6.04 Å². The van der Waals surface area contributed by atoms with Gasteiger partial charge in [-0.15, -0.1) is 10.2 Å². The minimum atomic E-state index is -0.545. The molecule has 1 unspecified atom stereocenters. The molecule has 1 amide bonds. The molecule has 0 saturated heterocycles. The van der Waals surface area contributed by atoms with Gasteiger partial charge in [-0.25, -0.2) is 0 Å². The van der Waals surface area contributed by atoms with Crippen molar-refractivity contribution in [3.05, 3.63) is 29.8 Å². The first-order valence-electron chi connectivity index (χ1n) is 8.09. The van der Waals surface area contributed by atoms with Crippen LogP contribution in [0.15, 0.2) is 29.4 Å². The largest absolute Gasteiger partial charge is 0.368 e. The lowest BCUT2D eigenvalue weighted by Gasteiger charge is -2.20. The zero-order valence-corrected chi connectivity index (χ0v) is 15.4. The predicted octanol–water partition coefficient (Wildman–Crippen LogP) is 3.19. The average Bonchev–Trinajstić information content (AvgIpc) is 2.95. The van der Waals surface area contributed by atoms with E-state index >= 15 is 0 Å². The summed E-state index contributed by atoms with van der Waals surface area (Å²) in [7, 11) is 0. The summed E-state index contributed by atoms with van der Waals surface area (Å²) in [6.45, 7) is 6.06. The number of nitrogens with two attached hydrogens (primary N) is 1. The Hall–Kier alpha value is -2.53. The van der Waals surface area contributed by atoms with Gasteiger partial charge in [0.1, 0.15) is 6.04 Å². The zero-order chi connectivity index (χ0) is 18.4. The predicted molar refractivity (Wildman–Crippen MR) is 99.3 cm³/mol. The number of aromatic nitrogens is 3. The summed E-state index contributed by atoms with van der Waals surface area (Å²) >= 11 is 1.21. The molecule has 0 aliphatic carbocycles. The SMILES string of the molecule is CCC(C(=O)Nc1ccccc1C(C)C)n1c(N)nnc1SCC#N. The molecule has 1 aromatic heterocycles. The maximum atomic E-state index is 12.9. The molecule has 2 rings (SSSR count). The minimum absolute atomic E-state index is 0.166. The molecule has 1 heterocycles. The number of nitrogens with zero attached hydrogens (tertiary/aromatic N) is 4. The monoisotopic (exact) mass is 358 g/mol. The minimum Gasteiger partial charge on any atom is -0.368 e. The Labute approximate surface area is 151 Å². The van der Waals surface area contributed by atoms with E-state index in [0.29, 0.717) is 17.5 Å². The molecule has 3 N–H and O–H groups in total. The average molecular weight is 358 g/mol. The van der Waals surface area contributed by atoms with Crippen molar-refractivity contribution in [3.8, 4) is 6.07 Å². The number of hydrogen-bond acceptors (Lipinski definition) is 6. The van der Waals surface area contributed by atoms with Crippen LogP contribution in [0, 0.1) is 11.3 Å². The molecule has 0 radical (unpaired) electrons. The molecule has 7 nitrogen and oxygen atoms in total. The van der Waals surface area contributed by atoms with Crippen LogP contribution in [0.3, 0.4) is 0 Å². The van der Waals surface area contributed by atoms with Gasteiger partial charge in [0.2, 0.25) is 11.9 Å². The molecule has 1 aromatic carbocycles. The van der Waals surface area contributed by atoms with Crippen LogP contribution in [-0.2, 0) is 4.79 Å². The van der Waals surface area contributed by atoms with Crippen LogP contribution in [0.1, 0.15) is 44.7 Å². The van der Waals surface area contributed by atoms with E-state index in [0.717, 1.165) is 11.3 Å². The third-order valence-electron chi connectivity index (χ3n) is 3.80. The van der Waals surface area contributed by atoms with E-state index in [1.807, 2.05) is 37.3 Å². The Kier molecular flexibility index (Phi) is 6.42. The number of nitriles is 1. The number of rotatable bonds is 7. The van der Waals surface area contributed by atoms with Crippen LogP contribution < -0.4 is 11.1 Å². The lowest BCUT2D eigenvalue weighted by molar-refractivity contribution is -0.119. The molecule has 25 heavy (non-hydrogen) atoms. The van der Waals surface area contributed by atoms with Gasteiger partial charge >= 0.3 is 0 Å². The molecule has 0 saturated carbocycles. The maximum Gasteiger partial charge on any atom is 0.247 e. The number of nitrogen functional groups attached to an aromatic ring is 1. The van der Waals surface area contributed by atoms with Crippen LogP contribution in [-0.4, -0.2) is 26.4 Å². The van der Waals surface area contributed by atoms with Crippen molar-refractivity contribution in [1.82, 2.24) is 14.8 Å². The number of carbonyl (C=O) groups excluding carboxylic acids is 1. The highest BCUT2D eigenvalue weighted by atomic mass is 32.2. The molecule has 1 atom stereocenters. The highest BCUT2D eigenvalue weighted by Gasteiger charge is 2.25. The third-order valence-corrected chi connectivity index (χ3v) is 4.61. The quantitative estimate of drug-likeness (QED) is 0.736. The summed E-state index contributed by atoms with van der Waals surface area (Å²) in [5.41, 5.74) is 7.77. The molecule has 0 bridgehead atoms. The van der Waals surface area contributed by atoms with Crippen LogP contribution in [0.25, 0.3) is 0 Å². The maximum absolute atomic E-state index is 12.9. The van der Waals surface area contributed by atoms with E-state index in [1.165, 1.54) is 11.8 Å². The zero-order valence-electron chi connectivity index (χ0n) is 14.6. The molecule has 0 spiro atoms. The fourth-order valence-electron chi connectivity index (χ4n) is 2.59. The first-order valence-corrected chi connectivity index (χ1v) is 9.08. The molecule has 2 aromatic rings. The fourth-order valence-corrected chi connectivity index (χ4v) is 3.24.